The molecule has 19 nitrogen and oxygen atoms in total. The smallest absolute Gasteiger partial charge is 0.328 e. The van der Waals surface area contributed by atoms with Crippen molar-refractivity contribution < 1.29 is 48.6 Å². The van der Waals surface area contributed by atoms with Gasteiger partial charge in [-0.15, -0.1) is 0 Å². The number of hydrogen-bond donors (Lipinski definition) is 11. The van der Waals surface area contributed by atoms with Gasteiger partial charge in [-0.1, -0.05) is 55.4 Å². The predicted molar refractivity (Wildman–Crippen MR) is 218 cm³/mol. The van der Waals surface area contributed by atoms with Gasteiger partial charge in [0.25, 0.3) is 0 Å². The highest BCUT2D eigenvalue weighted by atomic mass is 16.4. The summed E-state index contributed by atoms with van der Waals surface area (Å²) in [7, 11) is 0. The van der Waals surface area contributed by atoms with Gasteiger partial charge in [-0.25, -0.2) is 4.79 Å². The highest BCUT2D eigenvalue weighted by molar-refractivity contribution is 5.97. The van der Waals surface area contributed by atoms with Crippen LogP contribution in [0.4, 0.5) is 0 Å². The number of aliphatic hydroxyl groups excluding tert-OH is 1. The van der Waals surface area contributed by atoms with E-state index in [0.717, 1.165) is 0 Å². The number of nitrogens with two attached hydrogens (primary N) is 2. The molecule has 9 atom stereocenters. The minimum absolute atomic E-state index is 0.0228. The number of carboxylic acid groups (broad SMARTS) is 1. The van der Waals surface area contributed by atoms with Crippen molar-refractivity contribution in [2.24, 2.45) is 35.1 Å². The molecule has 0 radical (unpaired) electrons. The number of unbranched alkanes of at least 4 members (excludes halogenated alkanes) is 1. The Morgan fingerprint density at radius 3 is 1.31 bits per heavy atom. The third kappa shape index (κ3) is 20.4. The highest BCUT2D eigenvalue weighted by Crippen LogP contribution is 2.11. The van der Waals surface area contributed by atoms with E-state index in [-0.39, 0.29) is 30.6 Å². The molecule has 0 aliphatic rings. The molecule has 7 amide bonds. The summed E-state index contributed by atoms with van der Waals surface area (Å²) in [6.45, 7) is 18.9. The number of aliphatic hydroxyl groups is 1. The molecule has 58 heavy (non-hydrogen) atoms. The Bertz CT molecular complexity index is 1370. The van der Waals surface area contributed by atoms with Gasteiger partial charge in [0, 0.05) is 0 Å². The van der Waals surface area contributed by atoms with Crippen molar-refractivity contribution in [2.75, 3.05) is 6.54 Å². The van der Waals surface area contributed by atoms with E-state index in [0.29, 0.717) is 32.2 Å². The van der Waals surface area contributed by atoms with Crippen LogP contribution in [0.15, 0.2) is 0 Å². The van der Waals surface area contributed by atoms with E-state index in [1.807, 2.05) is 41.5 Å². The first-order valence-electron chi connectivity index (χ1n) is 20.3. The van der Waals surface area contributed by atoms with Crippen molar-refractivity contribution in [1.82, 2.24) is 37.2 Å². The third-order valence-corrected chi connectivity index (χ3v) is 9.12. The van der Waals surface area contributed by atoms with Gasteiger partial charge < -0.3 is 58.9 Å². The van der Waals surface area contributed by atoms with E-state index in [4.69, 9.17) is 11.5 Å². The molecule has 0 aliphatic heterocycles. The lowest BCUT2D eigenvalue weighted by Gasteiger charge is -2.28. The zero-order valence-corrected chi connectivity index (χ0v) is 36.3. The fraction of sp³-hybridized carbons (Fsp3) is 0.795. The maximum Gasteiger partial charge on any atom is 0.328 e. The monoisotopic (exact) mass is 828 g/mol. The molecule has 0 aromatic heterocycles. The van der Waals surface area contributed by atoms with E-state index in [2.05, 4.69) is 37.2 Å². The van der Waals surface area contributed by atoms with Crippen LogP contribution < -0.4 is 48.7 Å². The number of carboxylic acids is 1. The normalized spacial score (nSPS) is 16.2. The van der Waals surface area contributed by atoms with Gasteiger partial charge in [0.2, 0.25) is 41.4 Å². The van der Waals surface area contributed by atoms with Crippen molar-refractivity contribution in [3.8, 4) is 0 Å². The fourth-order valence-electron chi connectivity index (χ4n) is 5.83. The second kappa shape index (κ2) is 26.6. The summed E-state index contributed by atoms with van der Waals surface area (Å²) in [5.74, 6) is -6.63. The van der Waals surface area contributed by atoms with Gasteiger partial charge in [0.15, 0.2) is 6.04 Å². The van der Waals surface area contributed by atoms with Gasteiger partial charge in [-0.3, -0.25) is 33.6 Å². The molecule has 19 heteroatoms. The molecule has 0 spiro atoms. The van der Waals surface area contributed by atoms with Crippen LogP contribution >= 0.6 is 0 Å². The van der Waals surface area contributed by atoms with Crippen LogP contribution in [0, 0.1) is 23.7 Å². The Hall–Kier alpha value is -4.36. The second-order valence-corrected chi connectivity index (χ2v) is 16.7. The lowest BCUT2D eigenvalue weighted by Crippen LogP contribution is -2.60. The first-order chi connectivity index (χ1) is 26.8. The molecule has 0 bridgehead atoms. The maximum absolute atomic E-state index is 13.5. The summed E-state index contributed by atoms with van der Waals surface area (Å²) in [5.41, 5.74) is 11.6. The van der Waals surface area contributed by atoms with Crippen LogP contribution in [0.2, 0.25) is 0 Å². The molecule has 334 valence electrons. The van der Waals surface area contributed by atoms with E-state index in [1.165, 1.54) is 20.8 Å². The maximum atomic E-state index is 13.5. The quantitative estimate of drug-likeness (QED) is 0.0451. The zero-order chi connectivity index (χ0) is 45.0. The topological polar surface area (TPSA) is 313 Å². The summed E-state index contributed by atoms with van der Waals surface area (Å²) in [6, 6.07) is -9.21. The molecular formula is C39H73N9O10. The van der Waals surface area contributed by atoms with E-state index in [1.54, 1.807) is 13.8 Å². The van der Waals surface area contributed by atoms with Crippen LogP contribution in [0.25, 0.3) is 0 Å². The first-order valence-corrected chi connectivity index (χ1v) is 20.3. The molecule has 13 N–H and O–H groups in total. The average molecular weight is 828 g/mol. The second-order valence-electron chi connectivity index (χ2n) is 16.7. The number of carbonyl (C=O) groups excluding carboxylic acids is 7. The molecule has 0 fully saturated rings. The van der Waals surface area contributed by atoms with E-state index in [9.17, 15) is 48.6 Å². The summed E-state index contributed by atoms with van der Waals surface area (Å²) in [4.78, 5) is 104. The van der Waals surface area contributed by atoms with Crippen LogP contribution in [0.5, 0.6) is 0 Å². The molecule has 0 saturated carbocycles. The van der Waals surface area contributed by atoms with Gasteiger partial charge in [-0.2, -0.15) is 0 Å². The molecule has 0 saturated heterocycles. The lowest BCUT2D eigenvalue weighted by atomic mass is 10.00. The van der Waals surface area contributed by atoms with Gasteiger partial charge >= 0.3 is 5.97 Å². The van der Waals surface area contributed by atoms with Crippen molar-refractivity contribution in [1.29, 1.82) is 0 Å². The molecule has 0 aliphatic carbocycles. The summed E-state index contributed by atoms with van der Waals surface area (Å²) in [5, 5.41) is 37.2. The summed E-state index contributed by atoms with van der Waals surface area (Å²) >= 11 is 0. The Morgan fingerprint density at radius 1 is 0.483 bits per heavy atom. The predicted octanol–water partition coefficient (Wildman–Crippen LogP) is -0.864. The van der Waals surface area contributed by atoms with Crippen molar-refractivity contribution in [3.63, 3.8) is 0 Å². The number of hydrogen-bond acceptors (Lipinski definition) is 11. The first kappa shape index (κ1) is 53.6. The fourth-order valence-corrected chi connectivity index (χ4v) is 5.83. The van der Waals surface area contributed by atoms with Crippen LogP contribution in [-0.4, -0.2) is 119 Å². The number of rotatable bonds is 27. The summed E-state index contributed by atoms with van der Waals surface area (Å²) in [6.07, 6.45) is 0.456. The molecule has 0 heterocycles. The molecule has 9 unspecified atom stereocenters. The van der Waals surface area contributed by atoms with Crippen molar-refractivity contribution in [3.05, 3.63) is 0 Å². The summed E-state index contributed by atoms with van der Waals surface area (Å²) < 4.78 is 0. The van der Waals surface area contributed by atoms with E-state index >= 15 is 0 Å². The highest BCUT2D eigenvalue weighted by Gasteiger charge is 2.34. The van der Waals surface area contributed by atoms with Crippen LogP contribution in [0.1, 0.15) is 115 Å². The average Bonchev–Trinajstić information content (AvgIpc) is 3.10. The molecule has 0 aromatic rings. The van der Waals surface area contributed by atoms with E-state index < -0.39 is 108 Å². The SMILES string of the molecule is CC(C)CC(N)C(=O)NC(CC(C)C)C(=O)NC(C)C(=O)NC(C(=O)NC(C)C(=O)NC(CC(C)C)C(=O)NC(CCCCN)C(=O)NC(C(=O)O)C(C)O)C(C)C. The Kier molecular flexibility index (Phi) is 24.6. The Balaban J connectivity index is 5.82. The van der Waals surface area contributed by atoms with Crippen LogP contribution in [0.3, 0.4) is 0 Å². The molecular weight excluding hydrogens is 754 g/mol. The number of aliphatic carboxylic acids is 1. The number of nitrogens with one attached hydrogen (secondary N) is 7. The largest absolute Gasteiger partial charge is 0.480 e. The van der Waals surface area contributed by atoms with Gasteiger partial charge in [-0.05, 0) is 89.5 Å². The lowest BCUT2D eigenvalue weighted by molar-refractivity contribution is -0.145. The minimum Gasteiger partial charge on any atom is -0.480 e. The third-order valence-electron chi connectivity index (χ3n) is 9.12. The Labute approximate surface area is 343 Å². The zero-order valence-electron chi connectivity index (χ0n) is 36.3. The van der Waals surface area contributed by atoms with Gasteiger partial charge in [0.1, 0.15) is 36.3 Å². The Morgan fingerprint density at radius 2 is 0.879 bits per heavy atom. The van der Waals surface area contributed by atoms with Crippen LogP contribution in [-0.2, 0) is 38.4 Å². The molecule has 0 rings (SSSR count). The minimum atomic E-state index is -1.63. The van der Waals surface area contributed by atoms with Crippen molar-refractivity contribution >= 4 is 47.3 Å². The van der Waals surface area contributed by atoms with Crippen molar-refractivity contribution in [2.45, 2.75) is 169 Å². The standard InChI is InChI=1S/C39H73N9O10/c1-19(2)16-26(41)34(52)46-28(17-20(3)4)36(54)42-24(10)33(51)47-30(22(7)8)38(56)43-23(9)32(50)45-29(18-21(5)6)37(55)44-27(14-12-13-15-40)35(53)48-31(25(11)49)39(57)58/h19-31,49H,12-18,40-41H2,1-11H3,(H,42,54)(H,43,56)(H,44,55)(H,45,50)(H,46,52)(H,47,51)(H,48,53)(H,57,58). The number of amides is 7. The molecule has 0 aromatic carbocycles. The number of carbonyl (C=O) groups is 8. The van der Waals surface area contributed by atoms with Gasteiger partial charge in [0.05, 0.1) is 12.1 Å².